The van der Waals surface area contributed by atoms with Gasteiger partial charge in [0.25, 0.3) is 0 Å². The van der Waals surface area contributed by atoms with E-state index in [1.54, 1.807) is 0 Å². The van der Waals surface area contributed by atoms with Crippen molar-refractivity contribution < 1.29 is 4.79 Å². The molecule has 0 saturated heterocycles. The molecule has 0 aromatic rings. The van der Waals surface area contributed by atoms with Crippen molar-refractivity contribution in [2.24, 2.45) is 4.99 Å². The molecule has 0 saturated carbocycles. The number of thioether (sulfide) groups is 1. The van der Waals surface area contributed by atoms with Gasteiger partial charge in [0.15, 0.2) is 5.17 Å². The molecule has 1 N–H and O–H groups in total. The standard InChI is InChI=1S/C9H17N3OS/c1-3-12(4-2)8(13)7-14-9-10-5-6-11-9/h3-7H2,1-2H3,(H,10,11). The van der Waals surface area contributed by atoms with Crippen molar-refractivity contribution in [1.82, 2.24) is 10.2 Å². The van der Waals surface area contributed by atoms with Gasteiger partial charge in [0.1, 0.15) is 0 Å². The van der Waals surface area contributed by atoms with Gasteiger partial charge in [-0.1, -0.05) is 11.8 Å². The Morgan fingerprint density at radius 1 is 1.57 bits per heavy atom. The SMILES string of the molecule is CCN(CC)C(=O)CSC1=NCCN1. The predicted molar refractivity (Wildman–Crippen MR) is 60.7 cm³/mol. The van der Waals surface area contributed by atoms with Crippen molar-refractivity contribution in [3.05, 3.63) is 0 Å². The molecular formula is C9H17N3OS. The van der Waals surface area contributed by atoms with Crippen LogP contribution >= 0.6 is 11.8 Å². The quantitative estimate of drug-likeness (QED) is 0.745. The third-order valence-electron chi connectivity index (χ3n) is 2.09. The third-order valence-corrected chi connectivity index (χ3v) is 3.03. The number of carbonyl (C=O) groups excluding carboxylic acids is 1. The van der Waals surface area contributed by atoms with Crippen LogP contribution in [0.5, 0.6) is 0 Å². The normalized spacial score (nSPS) is 14.9. The monoisotopic (exact) mass is 215 g/mol. The first kappa shape index (κ1) is 11.4. The summed E-state index contributed by atoms with van der Waals surface area (Å²) >= 11 is 1.50. The lowest BCUT2D eigenvalue weighted by atomic mass is 10.5. The molecule has 1 amide bonds. The fraction of sp³-hybridized carbons (Fsp3) is 0.778. The van der Waals surface area contributed by atoms with E-state index in [4.69, 9.17) is 0 Å². The Kier molecular flexibility index (Phi) is 4.79. The van der Waals surface area contributed by atoms with Crippen molar-refractivity contribution in [2.75, 3.05) is 31.9 Å². The van der Waals surface area contributed by atoms with E-state index in [2.05, 4.69) is 10.3 Å². The molecule has 4 nitrogen and oxygen atoms in total. The molecule has 0 fully saturated rings. The summed E-state index contributed by atoms with van der Waals surface area (Å²) in [4.78, 5) is 17.6. The second kappa shape index (κ2) is 5.90. The molecular weight excluding hydrogens is 198 g/mol. The van der Waals surface area contributed by atoms with Gasteiger partial charge in [-0.2, -0.15) is 0 Å². The molecule has 0 bridgehead atoms. The van der Waals surface area contributed by atoms with E-state index in [0.717, 1.165) is 31.3 Å². The molecule has 0 spiro atoms. The van der Waals surface area contributed by atoms with Crippen LogP contribution < -0.4 is 5.32 Å². The van der Waals surface area contributed by atoms with Crippen LogP contribution in [0.2, 0.25) is 0 Å². The number of hydrogen-bond acceptors (Lipinski definition) is 4. The van der Waals surface area contributed by atoms with Gasteiger partial charge in [-0.25, -0.2) is 0 Å². The first-order chi connectivity index (χ1) is 6.77. The molecule has 0 aromatic heterocycles. The molecule has 0 aromatic carbocycles. The van der Waals surface area contributed by atoms with Crippen LogP contribution in [0.1, 0.15) is 13.8 Å². The average Bonchev–Trinajstić information content (AvgIpc) is 2.69. The van der Waals surface area contributed by atoms with Gasteiger partial charge in [0, 0.05) is 19.6 Å². The van der Waals surface area contributed by atoms with Crippen LogP contribution in [-0.4, -0.2) is 47.9 Å². The van der Waals surface area contributed by atoms with Gasteiger partial charge < -0.3 is 10.2 Å². The summed E-state index contributed by atoms with van der Waals surface area (Å²) in [7, 11) is 0. The summed E-state index contributed by atoms with van der Waals surface area (Å²) in [5, 5.41) is 4.04. The first-order valence-electron chi connectivity index (χ1n) is 4.96. The summed E-state index contributed by atoms with van der Waals surface area (Å²) in [5.41, 5.74) is 0. The van der Waals surface area contributed by atoms with Crippen molar-refractivity contribution in [3.63, 3.8) is 0 Å². The van der Waals surface area contributed by atoms with Gasteiger partial charge in [0.2, 0.25) is 5.91 Å². The van der Waals surface area contributed by atoms with Crippen LogP contribution in [0.3, 0.4) is 0 Å². The second-order valence-corrected chi connectivity index (χ2v) is 3.93. The van der Waals surface area contributed by atoms with Gasteiger partial charge >= 0.3 is 0 Å². The molecule has 0 aliphatic carbocycles. The Morgan fingerprint density at radius 3 is 2.79 bits per heavy atom. The lowest BCUT2D eigenvalue weighted by Crippen LogP contribution is -2.32. The molecule has 0 unspecified atom stereocenters. The molecule has 1 heterocycles. The molecule has 5 heteroatoms. The highest BCUT2D eigenvalue weighted by Crippen LogP contribution is 2.06. The number of nitrogens with one attached hydrogen (secondary N) is 1. The zero-order valence-electron chi connectivity index (χ0n) is 8.75. The summed E-state index contributed by atoms with van der Waals surface area (Å²) in [6, 6.07) is 0. The Bertz CT molecular complexity index is 226. The topological polar surface area (TPSA) is 44.7 Å². The smallest absolute Gasteiger partial charge is 0.233 e. The average molecular weight is 215 g/mol. The van der Waals surface area contributed by atoms with E-state index in [1.165, 1.54) is 11.8 Å². The zero-order chi connectivity index (χ0) is 10.4. The fourth-order valence-electron chi connectivity index (χ4n) is 1.27. The highest BCUT2D eigenvalue weighted by Gasteiger charge is 2.12. The van der Waals surface area contributed by atoms with Crippen molar-refractivity contribution >= 4 is 22.8 Å². The number of carbonyl (C=O) groups is 1. The summed E-state index contributed by atoms with van der Waals surface area (Å²) < 4.78 is 0. The molecule has 0 radical (unpaired) electrons. The Balaban J connectivity index is 2.26. The van der Waals surface area contributed by atoms with Crippen LogP contribution in [0, 0.1) is 0 Å². The first-order valence-corrected chi connectivity index (χ1v) is 5.95. The molecule has 0 atom stereocenters. The number of hydrogen-bond donors (Lipinski definition) is 1. The molecule has 1 rings (SSSR count). The van der Waals surface area contributed by atoms with Gasteiger partial charge in [0.05, 0.1) is 12.3 Å². The molecule has 1 aliphatic heterocycles. The van der Waals surface area contributed by atoms with E-state index in [0.29, 0.717) is 5.75 Å². The van der Waals surface area contributed by atoms with Crippen LogP contribution in [-0.2, 0) is 4.79 Å². The van der Waals surface area contributed by atoms with Crippen molar-refractivity contribution in [1.29, 1.82) is 0 Å². The Hall–Kier alpha value is -0.710. The summed E-state index contributed by atoms with van der Waals surface area (Å²) in [5.74, 6) is 0.685. The molecule has 80 valence electrons. The minimum Gasteiger partial charge on any atom is -0.363 e. The van der Waals surface area contributed by atoms with E-state index in [1.807, 2.05) is 18.7 Å². The largest absolute Gasteiger partial charge is 0.363 e. The maximum absolute atomic E-state index is 11.6. The number of nitrogens with zero attached hydrogens (tertiary/aromatic N) is 2. The minimum absolute atomic E-state index is 0.191. The summed E-state index contributed by atoms with van der Waals surface area (Å²) in [6.45, 7) is 7.31. The van der Waals surface area contributed by atoms with E-state index in [-0.39, 0.29) is 5.91 Å². The second-order valence-electron chi connectivity index (χ2n) is 2.97. The van der Waals surface area contributed by atoms with Gasteiger partial charge in [-0.3, -0.25) is 9.79 Å². The minimum atomic E-state index is 0.191. The predicted octanol–water partition coefficient (Wildman–Crippen LogP) is 0.547. The maximum atomic E-state index is 11.6. The van der Waals surface area contributed by atoms with Gasteiger partial charge in [-0.05, 0) is 13.8 Å². The van der Waals surface area contributed by atoms with Crippen LogP contribution in [0.4, 0.5) is 0 Å². The number of aliphatic imine (C=N–C) groups is 1. The van der Waals surface area contributed by atoms with Gasteiger partial charge in [-0.15, -0.1) is 0 Å². The lowest BCUT2D eigenvalue weighted by molar-refractivity contribution is -0.127. The van der Waals surface area contributed by atoms with E-state index >= 15 is 0 Å². The number of amides is 1. The lowest BCUT2D eigenvalue weighted by Gasteiger charge is -2.17. The fourth-order valence-corrected chi connectivity index (χ4v) is 2.10. The Morgan fingerprint density at radius 2 is 2.29 bits per heavy atom. The van der Waals surface area contributed by atoms with Crippen LogP contribution in [0.15, 0.2) is 4.99 Å². The number of amidine groups is 1. The van der Waals surface area contributed by atoms with Crippen molar-refractivity contribution in [3.8, 4) is 0 Å². The van der Waals surface area contributed by atoms with Crippen LogP contribution in [0.25, 0.3) is 0 Å². The third kappa shape index (κ3) is 3.21. The Labute approximate surface area is 89.1 Å². The van der Waals surface area contributed by atoms with Crippen molar-refractivity contribution in [2.45, 2.75) is 13.8 Å². The highest BCUT2D eigenvalue weighted by atomic mass is 32.2. The number of rotatable bonds is 4. The molecule has 14 heavy (non-hydrogen) atoms. The van der Waals surface area contributed by atoms with E-state index < -0.39 is 0 Å². The molecule has 1 aliphatic rings. The van der Waals surface area contributed by atoms with E-state index in [9.17, 15) is 4.79 Å². The maximum Gasteiger partial charge on any atom is 0.233 e. The highest BCUT2D eigenvalue weighted by molar-refractivity contribution is 8.14. The zero-order valence-corrected chi connectivity index (χ0v) is 9.56. The summed E-state index contributed by atoms with van der Waals surface area (Å²) in [6.07, 6.45) is 0.